The zero-order valence-electron chi connectivity index (χ0n) is 11.7. The molecule has 0 saturated carbocycles. The van der Waals surface area contributed by atoms with Crippen LogP contribution in [0.1, 0.15) is 40.5 Å². The van der Waals surface area contributed by atoms with Gasteiger partial charge in [-0.1, -0.05) is 20.8 Å². The van der Waals surface area contributed by atoms with E-state index < -0.39 is 17.4 Å². The van der Waals surface area contributed by atoms with Crippen LogP contribution >= 0.6 is 0 Å². The second kappa shape index (κ2) is 4.88. The molecule has 18 heavy (non-hydrogen) atoms. The molecule has 1 amide bonds. The fourth-order valence-electron chi connectivity index (χ4n) is 2.00. The largest absolute Gasteiger partial charge is 0.481 e. The van der Waals surface area contributed by atoms with E-state index in [2.05, 4.69) is 0 Å². The Morgan fingerprint density at radius 2 is 1.72 bits per heavy atom. The van der Waals surface area contributed by atoms with Crippen LogP contribution in [0.15, 0.2) is 0 Å². The zero-order chi connectivity index (χ0) is 14.1. The standard InChI is InChI=1S/C13H24N2O3/c1-12(2,3)9(14)10(16)15-7-5-13(4,6-8-15)11(17)18/h9H,5-8,14H2,1-4H3,(H,17,18)/t9-/m0/s1. The number of hydrogen-bond acceptors (Lipinski definition) is 3. The molecule has 1 atom stereocenters. The fourth-order valence-corrected chi connectivity index (χ4v) is 2.00. The number of carboxylic acids is 1. The molecular weight excluding hydrogens is 232 g/mol. The Kier molecular flexibility index (Phi) is 4.05. The van der Waals surface area contributed by atoms with Gasteiger partial charge in [0.15, 0.2) is 0 Å². The van der Waals surface area contributed by atoms with Crippen LogP contribution in [0.5, 0.6) is 0 Å². The van der Waals surface area contributed by atoms with Crippen molar-refractivity contribution in [2.75, 3.05) is 13.1 Å². The third kappa shape index (κ3) is 3.02. The van der Waals surface area contributed by atoms with Crippen LogP contribution in [0.2, 0.25) is 0 Å². The van der Waals surface area contributed by atoms with E-state index in [0.29, 0.717) is 25.9 Å². The summed E-state index contributed by atoms with van der Waals surface area (Å²) in [5, 5.41) is 9.13. The zero-order valence-corrected chi connectivity index (χ0v) is 11.7. The Balaban J connectivity index is 2.64. The van der Waals surface area contributed by atoms with Crippen LogP contribution in [0, 0.1) is 10.8 Å². The second-order valence-electron chi connectivity index (χ2n) is 6.53. The van der Waals surface area contributed by atoms with E-state index in [1.54, 1.807) is 11.8 Å². The molecule has 5 heteroatoms. The molecule has 0 aliphatic carbocycles. The Bertz CT molecular complexity index is 339. The quantitative estimate of drug-likeness (QED) is 0.774. The van der Waals surface area contributed by atoms with E-state index in [4.69, 9.17) is 10.8 Å². The van der Waals surface area contributed by atoms with Crippen LogP contribution < -0.4 is 5.73 Å². The van der Waals surface area contributed by atoms with Gasteiger partial charge in [-0.15, -0.1) is 0 Å². The van der Waals surface area contributed by atoms with Gasteiger partial charge in [-0.2, -0.15) is 0 Å². The Labute approximate surface area is 108 Å². The number of carbonyl (C=O) groups excluding carboxylic acids is 1. The van der Waals surface area contributed by atoms with E-state index in [1.165, 1.54) is 0 Å². The van der Waals surface area contributed by atoms with Crippen molar-refractivity contribution in [3.8, 4) is 0 Å². The highest BCUT2D eigenvalue weighted by Crippen LogP contribution is 2.32. The molecule has 1 rings (SSSR count). The lowest BCUT2D eigenvalue weighted by molar-refractivity contribution is -0.153. The lowest BCUT2D eigenvalue weighted by atomic mass is 9.79. The fraction of sp³-hybridized carbons (Fsp3) is 0.846. The van der Waals surface area contributed by atoms with Crippen LogP contribution in [0.25, 0.3) is 0 Å². The number of likely N-dealkylation sites (tertiary alicyclic amines) is 1. The smallest absolute Gasteiger partial charge is 0.309 e. The lowest BCUT2D eigenvalue weighted by Gasteiger charge is -2.39. The number of piperidine rings is 1. The molecule has 1 fully saturated rings. The lowest BCUT2D eigenvalue weighted by Crippen LogP contribution is -2.54. The normalized spacial score (nSPS) is 21.5. The Morgan fingerprint density at radius 3 is 2.06 bits per heavy atom. The molecule has 0 radical (unpaired) electrons. The van der Waals surface area contributed by atoms with Gasteiger partial charge in [0.25, 0.3) is 0 Å². The molecular formula is C13H24N2O3. The predicted octanol–water partition coefficient (Wildman–Crippen LogP) is 1.07. The van der Waals surface area contributed by atoms with Crippen LogP contribution in [0.4, 0.5) is 0 Å². The first kappa shape index (κ1) is 15.0. The topological polar surface area (TPSA) is 83.6 Å². The highest BCUT2D eigenvalue weighted by Gasteiger charge is 2.40. The SMILES string of the molecule is CC1(C(=O)O)CCN(C(=O)[C@H](N)C(C)(C)C)CC1. The van der Waals surface area contributed by atoms with Crippen molar-refractivity contribution in [2.45, 2.75) is 46.6 Å². The number of rotatable bonds is 2. The van der Waals surface area contributed by atoms with Gasteiger partial charge in [0, 0.05) is 13.1 Å². The van der Waals surface area contributed by atoms with Crippen molar-refractivity contribution in [3.63, 3.8) is 0 Å². The number of aliphatic carboxylic acids is 1. The third-order valence-corrected chi connectivity index (χ3v) is 3.89. The van der Waals surface area contributed by atoms with Crippen LogP contribution in [0.3, 0.4) is 0 Å². The van der Waals surface area contributed by atoms with E-state index >= 15 is 0 Å². The first-order chi connectivity index (χ1) is 8.08. The third-order valence-electron chi connectivity index (χ3n) is 3.89. The average Bonchev–Trinajstić information content (AvgIpc) is 2.26. The van der Waals surface area contributed by atoms with Gasteiger partial charge < -0.3 is 15.7 Å². The molecule has 0 unspecified atom stereocenters. The molecule has 5 nitrogen and oxygen atoms in total. The minimum Gasteiger partial charge on any atom is -0.481 e. The highest BCUT2D eigenvalue weighted by atomic mass is 16.4. The van der Waals surface area contributed by atoms with Gasteiger partial charge in [0.05, 0.1) is 11.5 Å². The molecule has 1 saturated heterocycles. The van der Waals surface area contributed by atoms with Gasteiger partial charge in [0.1, 0.15) is 0 Å². The van der Waals surface area contributed by atoms with E-state index in [1.807, 2.05) is 20.8 Å². The maximum absolute atomic E-state index is 12.2. The maximum Gasteiger partial charge on any atom is 0.309 e. The summed E-state index contributed by atoms with van der Waals surface area (Å²) in [5.41, 5.74) is 4.97. The van der Waals surface area contributed by atoms with Crippen LogP contribution in [-0.2, 0) is 9.59 Å². The van der Waals surface area contributed by atoms with Gasteiger partial charge in [0.2, 0.25) is 5.91 Å². The number of carboxylic acid groups (broad SMARTS) is 1. The molecule has 1 aliphatic heterocycles. The summed E-state index contributed by atoms with van der Waals surface area (Å²) in [4.78, 5) is 25.0. The average molecular weight is 256 g/mol. The van der Waals surface area contributed by atoms with Crippen molar-refractivity contribution in [1.82, 2.24) is 4.90 Å². The minimum absolute atomic E-state index is 0.0741. The summed E-state index contributed by atoms with van der Waals surface area (Å²) in [5.74, 6) is -0.857. The van der Waals surface area contributed by atoms with Crippen molar-refractivity contribution in [1.29, 1.82) is 0 Å². The maximum atomic E-state index is 12.2. The number of carbonyl (C=O) groups is 2. The monoisotopic (exact) mass is 256 g/mol. The summed E-state index contributed by atoms with van der Waals surface area (Å²) in [6.07, 6.45) is 0.982. The first-order valence-electron chi connectivity index (χ1n) is 6.36. The Morgan fingerprint density at radius 1 is 1.28 bits per heavy atom. The highest BCUT2D eigenvalue weighted by molar-refractivity contribution is 5.83. The predicted molar refractivity (Wildman–Crippen MR) is 69.0 cm³/mol. The number of nitrogens with two attached hydrogens (primary N) is 1. The van der Waals surface area contributed by atoms with E-state index in [0.717, 1.165) is 0 Å². The van der Waals surface area contributed by atoms with Gasteiger partial charge in [-0.25, -0.2) is 0 Å². The molecule has 0 aromatic rings. The van der Waals surface area contributed by atoms with Crippen molar-refractivity contribution >= 4 is 11.9 Å². The summed E-state index contributed by atoms with van der Waals surface area (Å²) in [6.45, 7) is 8.49. The molecule has 104 valence electrons. The number of hydrogen-bond donors (Lipinski definition) is 2. The van der Waals surface area contributed by atoms with Gasteiger partial charge in [-0.3, -0.25) is 9.59 Å². The molecule has 0 aromatic heterocycles. The van der Waals surface area contributed by atoms with E-state index in [9.17, 15) is 9.59 Å². The van der Waals surface area contributed by atoms with Crippen LogP contribution in [-0.4, -0.2) is 41.0 Å². The van der Waals surface area contributed by atoms with Crippen molar-refractivity contribution in [3.05, 3.63) is 0 Å². The molecule has 1 aliphatic rings. The molecule has 0 bridgehead atoms. The summed E-state index contributed by atoms with van der Waals surface area (Å²) in [7, 11) is 0. The van der Waals surface area contributed by atoms with Gasteiger partial charge >= 0.3 is 5.97 Å². The van der Waals surface area contributed by atoms with Crippen molar-refractivity contribution < 1.29 is 14.7 Å². The van der Waals surface area contributed by atoms with Crippen molar-refractivity contribution in [2.24, 2.45) is 16.6 Å². The van der Waals surface area contributed by atoms with E-state index in [-0.39, 0.29) is 11.3 Å². The number of amides is 1. The summed E-state index contributed by atoms with van der Waals surface area (Å²) >= 11 is 0. The molecule has 1 heterocycles. The summed E-state index contributed by atoms with van der Waals surface area (Å²) in [6, 6.07) is -0.535. The summed E-state index contributed by atoms with van der Waals surface area (Å²) < 4.78 is 0. The minimum atomic E-state index is -0.783. The molecule has 0 aromatic carbocycles. The first-order valence-corrected chi connectivity index (χ1v) is 6.36. The molecule has 0 spiro atoms. The van der Waals surface area contributed by atoms with Gasteiger partial charge in [-0.05, 0) is 25.2 Å². The molecule has 3 N–H and O–H groups in total. The number of nitrogens with zero attached hydrogens (tertiary/aromatic N) is 1. The Hall–Kier alpha value is -1.10. The second-order valence-corrected chi connectivity index (χ2v) is 6.53.